The minimum atomic E-state index is -3.54. The maximum Gasteiger partial charge on any atom is 0.255 e. The zero-order valence-electron chi connectivity index (χ0n) is 15.1. The van der Waals surface area contributed by atoms with Gasteiger partial charge in [0.1, 0.15) is 11.5 Å². The van der Waals surface area contributed by atoms with Gasteiger partial charge in [-0.15, -0.1) is 0 Å². The molecule has 1 aromatic heterocycles. The van der Waals surface area contributed by atoms with Gasteiger partial charge in [0.2, 0.25) is 10.0 Å². The first-order valence-corrected chi connectivity index (χ1v) is 10.1. The first kappa shape index (κ1) is 19.5. The van der Waals surface area contributed by atoms with Crippen LogP contribution in [0, 0.1) is 0 Å². The summed E-state index contributed by atoms with van der Waals surface area (Å²) >= 11 is 0. The molecule has 0 saturated heterocycles. The van der Waals surface area contributed by atoms with Crippen LogP contribution in [0.2, 0.25) is 0 Å². The number of anilines is 1. The normalized spacial score (nSPS) is 11.0. The van der Waals surface area contributed by atoms with Crippen molar-refractivity contribution >= 4 is 21.6 Å². The van der Waals surface area contributed by atoms with Crippen LogP contribution in [0.25, 0.3) is 0 Å². The molecule has 8 heteroatoms. The summed E-state index contributed by atoms with van der Waals surface area (Å²) in [5, 5.41) is 2.76. The monoisotopic (exact) mass is 397 g/mol. The van der Waals surface area contributed by atoms with Crippen LogP contribution in [0.1, 0.15) is 17.3 Å². The fourth-order valence-corrected chi connectivity index (χ4v) is 3.45. The van der Waals surface area contributed by atoms with Gasteiger partial charge in [-0.25, -0.2) is 13.1 Å². The minimum absolute atomic E-state index is 0.114. The van der Waals surface area contributed by atoms with Crippen LogP contribution < -0.4 is 14.8 Å². The smallest absolute Gasteiger partial charge is 0.255 e. The molecule has 0 fully saturated rings. The molecule has 0 saturated carbocycles. The third-order valence-electron chi connectivity index (χ3n) is 3.76. The highest BCUT2D eigenvalue weighted by Crippen LogP contribution is 2.22. The fraction of sp³-hybridized carbons (Fsp3) is 0.100. The van der Waals surface area contributed by atoms with Gasteiger partial charge >= 0.3 is 0 Å². The van der Waals surface area contributed by atoms with Gasteiger partial charge in [0.25, 0.3) is 5.91 Å². The van der Waals surface area contributed by atoms with Crippen LogP contribution >= 0.6 is 0 Å². The number of rotatable bonds is 7. The van der Waals surface area contributed by atoms with E-state index >= 15 is 0 Å². The molecular weight excluding hydrogens is 378 g/mol. The molecule has 2 N–H and O–H groups in total. The predicted octanol–water partition coefficient (Wildman–Crippen LogP) is 3.42. The Labute approximate surface area is 163 Å². The standard InChI is InChI=1S/C20H19N3O4S/c1-2-22-28(25,26)19-9-3-15(4-10-19)20(24)23-16-5-7-17(8-6-16)27-18-11-13-21-14-12-18/h3-14,22H,2H2,1H3,(H,23,24). The number of aromatic nitrogens is 1. The van der Waals surface area contributed by atoms with Gasteiger partial charge in [0.15, 0.2) is 0 Å². The average molecular weight is 397 g/mol. The van der Waals surface area contributed by atoms with E-state index in [2.05, 4.69) is 15.0 Å². The summed E-state index contributed by atoms with van der Waals surface area (Å²) in [5.41, 5.74) is 0.948. The van der Waals surface area contributed by atoms with Crippen molar-refractivity contribution < 1.29 is 17.9 Å². The summed E-state index contributed by atoms with van der Waals surface area (Å²) in [4.78, 5) is 16.4. The molecule has 3 aromatic rings. The molecule has 28 heavy (non-hydrogen) atoms. The van der Waals surface area contributed by atoms with E-state index in [0.29, 0.717) is 29.3 Å². The Bertz CT molecular complexity index is 1040. The molecule has 0 aliphatic heterocycles. The second-order valence-electron chi connectivity index (χ2n) is 5.79. The van der Waals surface area contributed by atoms with Crippen molar-refractivity contribution in [2.45, 2.75) is 11.8 Å². The SMILES string of the molecule is CCNS(=O)(=O)c1ccc(C(=O)Nc2ccc(Oc3ccncc3)cc2)cc1. The first-order valence-electron chi connectivity index (χ1n) is 8.57. The van der Waals surface area contributed by atoms with Crippen LogP contribution in [0.15, 0.2) is 78.0 Å². The Balaban J connectivity index is 1.64. The molecule has 0 radical (unpaired) electrons. The zero-order chi connectivity index (χ0) is 20.0. The predicted molar refractivity (Wildman–Crippen MR) is 106 cm³/mol. The summed E-state index contributed by atoms with van der Waals surface area (Å²) < 4.78 is 32.0. The minimum Gasteiger partial charge on any atom is -0.457 e. The van der Waals surface area contributed by atoms with E-state index in [1.807, 2.05) is 0 Å². The Hall–Kier alpha value is -3.23. The maximum absolute atomic E-state index is 12.4. The number of amides is 1. The number of pyridine rings is 1. The third-order valence-corrected chi connectivity index (χ3v) is 5.32. The van der Waals surface area contributed by atoms with E-state index in [-0.39, 0.29) is 10.8 Å². The van der Waals surface area contributed by atoms with Crippen LogP contribution in [-0.2, 0) is 10.0 Å². The molecule has 1 amide bonds. The zero-order valence-corrected chi connectivity index (χ0v) is 15.9. The number of carbonyl (C=O) groups excluding carboxylic acids is 1. The highest BCUT2D eigenvalue weighted by Gasteiger charge is 2.13. The Kier molecular flexibility index (Phi) is 6.03. The molecule has 0 aliphatic rings. The Morgan fingerprint density at radius 1 is 0.929 bits per heavy atom. The lowest BCUT2D eigenvalue weighted by atomic mass is 10.2. The van der Waals surface area contributed by atoms with E-state index in [1.54, 1.807) is 55.7 Å². The number of benzene rings is 2. The van der Waals surface area contributed by atoms with E-state index in [4.69, 9.17) is 4.74 Å². The first-order chi connectivity index (χ1) is 13.5. The molecule has 0 atom stereocenters. The second kappa shape index (κ2) is 8.64. The van der Waals surface area contributed by atoms with Gasteiger partial charge in [0.05, 0.1) is 4.90 Å². The van der Waals surface area contributed by atoms with Crippen LogP contribution in [0.3, 0.4) is 0 Å². The summed E-state index contributed by atoms with van der Waals surface area (Å²) in [6.45, 7) is 2.00. The molecule has 0 unspecified atom stereocenters. The lowest BCUT2D eigenvalue weighted by Gasteiger charge is -2.09. The lowest BCUT2D eigenvalue weighted by molar-refractivity contribution is 0.102. The molecule has 0 spiro atoms. The summed E-state index contributed by atoms with van der Waals surface area (Å²) in [6.07, 6.45) is 3.28. The number of ether oxygens (including phenoxy) is 1. The van der Waals surface area contributed by atoms with Crippen molar-refractivity contribution in [2.75, 3.05) is 11.9 Å². The van der Waals surface area contributed by atoms with Crippen molar-refractivity contribution in [1.82, 2.24) is 9.71 Å². The number of hydrogen-bond acceptors (Lipinski definition) is 5. The summed E-state index contributed by atoms with van der Waals surface area (Å²) in [5.74, 6) is 0.955. The van der Waals surface area contributed by atoms with Crippen molar-refractivity contribution in [3.05, 3.63) is 78.6 Å². The van der Waals surface area contributed by atoms with E-state index in [9.17, 15) is 13.2 Å². The van der Waals surface area contributed by atoms with E-state index in [0.717, 1.165) is 0 Å². The van der Waals surface area contributed by atoms with Crippen molar-refractivity contribution in [3.8, 4) is 11.5 Å². The largest absolute Gasteiger partial charge is 0.457 e. The molecule has 1 heterocycles. The highest BCUT2D eigenvalue weighted by atomic mass is 32.2. The average Bonchev–Trinajstić information content (AvgIpc) is 2.70. The third kappa shape index (κ3) is 4.93. The van der Waals surface area contributed by atoms with Gasteiger partial charge < -0.3 is 10.1 Å². The van der Waals surface area contributed by atoms with Crippen molar-refractivity contribution in [2.24, 2.45) is 0 Å². The molecule has 7 nitrogen and oxygen atoms in total. The molecule has 0 aliphatic carbocycles. The highest BCUT2D eigenvalue weighted by molar-refractivity contribution is 7.89. The molecule has 2 aromatic carbocycles. The van der Waals surface area contributed by atoms with Crippen molar-refractivity contribution in [3.63, 3.8) is 0 Å². The number of carbonyl (C=O) groups is 1. The van der Waals surface area contributed by atoms with Gasteiger partial charge in [-0.2, -0.15) is 0 Å². The van der Waals surface area contributed by atoms with Gasteiger partial charge in [-0.05, 0) is 60.7 Å². The number of sulfonamides is 1. The number of hydrogen-bond donors (Lipinski definition) is 2. The van der Waals surface area contributed by atoms with Gasteiger partial charge in [0, 0.05) is 30.2 Å². The van der Waals surface area contributed by atoms with E-state index < -0.39 is 10.0 Å². The molecule has 0 bridgehead atoms. The summed E-state index contributed by atoms with van der Waals surface area (Å²) in [6, 6.07) is 16.2. The second-order valence-corrected chi connectivity index (χ2v) is 7.56. The van der Waals surface area contributed by atoms with Crippen LogP contribution in [-0.4, -0.2) is 25.9 Å². The number of nitrogens with one attached hydrogen (secondary N) is 2. The quantitative estimate of drug-likeness (QED) is 0.637. The molecule has 144 valence electrons. The topological polar surface area (TPSA) is 97.4 Å². The fourth-order valence-electron chi connectivity index (χ4n) is 2.41. The molecule has 3 rings (SSSR count). The maximum atomic E-state index is 12.4. The van der Waals surface area contributed by atoms with E-state index in [1.165, 1.54) is 24.3 Å². The van der Waals surface area contributed by atoms with Gasteiger partial charge in [-0.3, -0.25) is 9.78 Å². The lowest BCUT2D eigenvalue weighted by Crippen LogP contribution is -2.23. The van der Waals surface area contributed by atoms with Crippen LogP contribution in [0.5, 0.6) is 11.5 Å². The molecular formula is C20H19N3O4S. The van der Waals surface area contributed by atoms with Crippen LogP contribution in [0.4, 0.5) is 5.69 Å². The Morgan fingerprint density at radius 2 is 1.54 bits per heavy atom. The number of nitrogens with zero attached hydrogens (tertiary/aromatic N) is 1. The van der Waals surface area contributed by atoms with Crippen molar-refractivity contribution in [1.29, 1.82) is 0 Å². The van der Waals surface area contributed by atoms with Gasteiger partial charge in [-0.1, -0.05) is 6.92 Å². The summed E-state index contributed by atoms with van der Waals surface area (Å²) in [7, 11) is -3.54. The Morgan fingerprint density at radius 3 is 2.14 bits per heavy atom.